The molecule has 6 aliphatic rings. The summed E-state index contributed by atoms with van der Waals surface area (Å²) in [6, 6.07) is 0. The number of nitrogen functional groups attached to an aromatic ring is 5. The number of imidazole rings is 2. The normalized spacial score (nSPS) is 29.3. The molecule has 0 aliphatic carbocycles. The Bertz CT molecular complexity index is 6370. The van der Waals surface area contributed by atoms with Crippen LogP contribution in [0.4, 0.5) is 29.1 Å². The Labute approximate surface area is 843 Å². The predicted molar refractivity (Wildman–Crippen MR) is 518 cm³/mol. The van der Waals surface area contributed by atoms with Crippen LogP contribution in [0.25, 0.3) is 22.3 Å². The molecule has 0 amide bonds. The van der Waals surface area contributed by atoms with Gasteiger partial charge in [-0.25, -0.2) is 53.6 Å². The number of ether oxygens (including phenoxy) is 16. The smallest absolute Gasteiger partial charge is 0.386 e. The van der Waals surface area contributed by atoms with Crippen LogP contribution in [-0.4, -0.2) is 340 Å². The van der Waals surface area contributed by atoms with Gasteiger partial charge in [-0.2, -0.15) is 15.0 Å². The van der Waals surface area contributed by atoms with E-state index in [2.05, 4.69) is 62.1 Å². The van der Waals surface area contributed by atoms with Gasteiger partial charge in [0.2, 0.25) is 0 Å². The summed E-state index contributed by atoms with van der Waals surface area (Å²) in [5.74, 6) is -0.309. The largest absolute Gasteiger partial charge is 0.387 e. The fraction of sp³-hybridized carbons (Fsp3) is 0.658. The first kappa shape index (κ1) is 113. The zero-order valence-corrected chi connectivity index (χ0v) is 87.3. The van der Waals surface area contributed by atoms with Crippen molar-refractivity contribution < 1.29 is 150 Å². The van der Waals surface area contributed by atoms with Crippen LogP contribution in [0.15, 0.2) is 74.1 Å². The second-order valence-corrected chi connectivity index (χ2v) is 47.2. The van der Waals surface area contributed by atoms with Crippen molar-refractivity contribution in [1.82, 2.24) is 77.2 Å². The molecule has 798 valence electrons. The maximum Gasteiger partial charge on any atom is 0.386 e. The minimum atomic E-state index is -5.07. The molecule has 0 saturated carbocycles. The van der Waals surface area contributed by atoms with Gasteiger partial charge in [-0.05, 0) is 81.3 Å². The van der Waals surface area contributed by atoms with E-state index in [0.29, 0.717) is 23.1 Å². The van der Waals surface area contributed by atoms with Gasteiger partial charge >= 0.3 is 56.4 Å². The monoisotopic (exact) mass is 2230 g/mol. The molecule has 0 bridgehead atoms. The number of aromatic nitrogens is 16. The number of nitrogens with one attached hydrogen (secondary N) is 1. The van der Waals surface area contributed by atoms with Crippen molar-refractivity contribution in [1.29, 1.82) is 0 Å². The number of thiol groups is 1. The first-order chi connectivity index (χ1) is 68.5. The van der Waals surface area contributed by atoms with E-state index >= 15 is 4.57 Å². The number of rotatable bonds is 52. The molecule has 14 rings (SSSR count). The van der Waals surface area contributed by atoms with Crippen LogP contribution in [-0.2, 0) is 173 Å². The summed E-state index contributed by atoms with van der Waals surface area (Å²) >= 11 is 27.7. The Kier molecular flexibility index (Phi) is 38.6. The van der Waals surface area contributed by atoms with E-state index < -0.39 is 236 Å². The van der Waals surface area contributed by atoms with Crippen molar-refractivity contribution in [2.75, 3.05) is 163 Å². The van der Waals surface area contributed by atoms with E-state index in [1.54, 1.807) is 11.5 Å². The fourth-order valence-electron chi connectivity index (χ4n) is 16.4. The topological polar surface area (TPSA) is 735 Å². The first-order valence-corrected chi connectivity index (χ1v) is 57.2. The highest BCUT2D eigenvalue weighted by atomic mass is 32.7. The summed E-state index contributed by atoms with van der Waals surface area (Å²) in [6.07, 6.45) is -23.6. The number of aliphatic hydroxyl groups is 1. The van der Waals surface area contributed by atoms with E-state index in [1.165, 1.54) is 105 Å². The van der Waals surface area contributed by atoms with E-state index in [1.807, 2.05) is 6.92 Å². The van der Waals surface area contributed by atoms with Gasteiger partial charge in [-0.1, -0.05) is 19.2 Å². The number of fused-ring (bicyclic) bond motifs is 2. The molecule has 14 heterocycles. The van der Waals surface area contributed by atoms with Crippen LogP contribution in [0.2, 0.25) is 0 Å². The van der Waals surface area contributed by atoms with Gasteiger partial charge in [-0.15, -0.1) is 0 Å². The number of hydrogen-bond acceptors (Lipinski definition) is 51. The average Bonchev–Trinajstić information content (AvgIpc) is 1.61. The number of aliphatic hydroxyl groups excluding tert-OH is 1. The summed E-state index contributed by atoms with van der Waals surface area (Å²) < 4.78 is 183. The van der Waals surface area contributed by atoms with Crippen molar-refractivity contribution in [3.05, 3.63) is 125 Å². The molecule has 6 saturated heterocycles. The summed E-state index contributed by atoms with van der Waals surface area (Å²) in [6.45, 7) is -22.4. The summed E-state index contributed by atoms with van der Waals surface area (Å²) in [5.41, 5.74) is 27.7. The minimum absolute atomic E-state index is 0.0219. The number of hydrogen-bond donors (Lipinski definition) is 12. The average molecular weight is 2230 g/mol. The van der Waals surface area contributed by atoms with Gasteiger partial charge in [0.15, 0.2) is 54.1 Å². The van der Waals surface area contributed by atoms with Crippen molar-refractivity contribution in [2.45, 2.75) is 189 Å². The van der Waals surface area contributed by atoms with Gasteiger partial charge in [0.05, 0.1) is 124 Å². The third kappa shape index (κ3) is 26.9. The molecule has 16 N–H and O–H groups in total. The lowest BCUT2D eigenvalue weighted by Gasteiger charge is -2.31. The number of H-pyrrole nitrogens is 1. The third-order valence-corrected chi connectivity index (χ3v) is 31.3. The second-order valence-electron chi connectivity index (χ2n) is 33.1. The van der Waals surface area contributed by atoms with Gasteiger partial charge in [-0.3, -0.25) is 59.8 Å². The highest BCUT2D eigenvalue weighted by Gasteiger charge is 2.58. The van der Waals surface area contributed by atoms with E-state index in [-0.39, 0.29) is 129 Å². The van der Waals surface area contributed by atoms with Gasteiger partial charge in [0.1, 0.15) is 139 Å². The molecule has 28 atom stereocenters. The van der Waals surface area contributed by atoms with Crippen molar-refractivity contribution in [2.24, 2.45) is 0 Å². The highest BCUT2D eigenvalue weighted by molar-refractivity contribution is 8.44. The molecule has 11 unspecified atom stereocenters. The summed E-state index contributed by atoms with van der Waals surface area (Å²) in [5, 5.41) is 11.8. The molecule has 6 aliphatic heterocycles. The Balaban J connectivity index is 0.751. The third-order valence-electron chi connectivity index (χ3n) is 23.4. The highest BCUT2D eigenvalue weighted by Crippen LogP contribution is 2.60. The van der Waals surface area contributed by atoms with Gasteiger partial charge < -0.3 is 152 Å². The number of nitrogens with two attached hydrogens (primary N) is 5. The van der Waals surface area contributed by atoms with Crippen molar-refractivity contribution in [3.8, 4) is 0 Å². The summed E-state index contributed by atoms with van der Waals surface area (Å²) in [7, 11) is 6.88. The molecular weight excluding hydrogens is 2110 g/mol. The number of anilines is 5. The minimum Gasteiger partial charge on any atom is -0.387 e. The van der Waals surface area contributed by atoms with Crippen LogP contribution in [0.3, 0.4) is 0 Å². The Morgan fingerprint density at radius 1 is 0.403 bits per heavy atom. The number of nitrogens with zero attached hydrogens (tertiary/aromatic N) is 15. The Morgan fingerprint density at radius 2 is 0.729 bits per heavy atom. The number of methoxy groups -OCH3 is 5. The molecular formula is C76H112N21O37P5S5. The maximum atomic E-state index is 15.6. The lowest BCUT2D eigenvalue weighted by molar-refractivity contribution is -0.0841. The maximum absolute atomic E-state index is 15.6. The van der Waals surface area contributed by atoms with Crippen molar-refractivity contribution in [3.63, 3.8) is 0 Å². The van der Waals surface area contributed by atoms with Crippen LogP contribution < -0.4 is 57.0 Å². The SMILES string of the molecule is CC[C@H]1O[C@@H](n2cnc3c(N)ncnc32)CC1OP(O)(=S)OC[C@H]1O[C@@H](n2cnc3c(N)ncnc32)[C@@H](OCCOC)C1OP(=O)(S)OC[C@H]1O[C@@H](n2cc(C)c(=O)[nH]c2=O)[C@@H](OCCOC)C1OP(O)(=S)OC[C@H]1O[C@@H](n2cc(C)c(N)nc2=O)[C@@H](OCCOC)C1OP(O)(=S)OC[C@H]1O[C@@H](n2cc(C)c(N)nc2=O)[C@@H](OCCOC)C1OP(O)(=S)OC[C@H]1O[C@@H](n2cc(C)c(N)nc2=O)[C@@H](OCCOC)C1O. The molecule has 144 heavy (non-hydrogen) atoms. The van der Waals surface area contributed by atoms with E-state index in [0.717, 1.165) is 24.5 Å². The molecule has 6 fully saturated rings. The number of aryl methyl sites for hydroxylation is 4. The molecule has 0 radical (unpaired) electrons. The molecule has 58 nitrogen and oxygen atoms in total. The zero-order valence-electron chi connectivity index (χ0n) is 78.6. The fourth-order valence-corrected chi connectivity index (χ4v) is 23.7. The van der Waals surface area contributed by atoms with Gasteiger partial charge in [0.25, 0.3) is 5.56 Å². The van der Waals surface area contributed by atoms with E-state index in [4.69, 9.17) is 197 Å². The lowest BCUT2D eigenvalue weighted by atomic mass is 10.1. The second kappa shape index (κ2) is 49.2. The number of aromatic amines is 1. The van der Waals surface area contributed by atoms with Crippen LogP contribution in [0, 0.1) is 27.7 Å². The standard InChI is InChI=1S/C76H112N21O37P5S5/c1-11-40-41(22-47(124-40)96-34-86-48-63(80)82-32-84-65(48)96)130-135(104,140)120-28-46-54(59(118-21-16-113-10)72(129-46)97-35-87-49-64(81)83-33-85-66(49)97)134-139(108,144)123-31-45-53(58(117-20-15-112-9)71(128-45)95-26-39(5)67(99)91-76(95)103)133-138(107,143)122-30-44-52(57(116-19-14-111-8)70(127-44)94-25-38(4)62(79)90-75(94)102)132-137(106,142)121-29-43-51(56(115-18-13-110-7)69(126-43)93-24-37(3)61(78)89-74(93)101)131-136(105,141)119-27-42-50(98)55(114-17-12-109-6)68(125-42)92-23-36(2)60(77)88-73(92)100/h23-26,32-35,40-47,50-59,68-72,98H,11-22,27-31H2,1-10H3,(H,104,140)(H,105,141)(H,106,142)(H,107,143)(H,108,144)(H2,77,88,100)(H2,78,89,101)(H2,79,90,102)(H2,80,82,84)(H2,81,83,85)(H,91,99,103)/t40-,41?,42-,43-,44-,45-,46-,47-,50?,51?,52?,53?,54?,55+,56+,57+,58+,59+,68-,69-,70-,71-,72-,135?,136?,137?,138?,139?/m1/s1. The van der Waals surface area contributed by atoms with Crippen LogP contribution in [0.5, 0.6) is 0 Å². The first-order valence-electron chi connectivity index (χ1n) is 44.2. The van der Waals surface area contributed by atoms with Crippen molar-refractivity contribution >= 4 is 145 Å². The molecule has 0 spiro atoms. The van der Waals surface area contributed by atoms with Gasteiger partial charge in [0, 0.05) is 89.0 Å². The van der Waals surface area contributed by atoms with E-state index in [9.17, 15) is 48.7 Å². The Morgan fingerprint density at radius 3 is 1.12 bits per heavy atom. The summed E-state index contributed by atoms with van der Waals surface area (Å²) in [4.78, 5) is 158. The molecule has 0 aromatic carbocycles. The molecule has 8 aromatic rings. The van der Waals surface area contributed by atoms with Crippen LogP contribution >= 0.6 is 45.9 Å². The Hall–Kier alpha value is -6.64. The predicted octanol–water partition coefficient (Wildman–Crippen LogP) is -0.251. The molecule has 68 heteroatoms. The zero-order chi connectivity index (χ0) is 104. The lowest BCUT2D eigenvalue weighted by Crippen LogP contribution is -2.42. The van der Waals surface area contributed by atoms with Crippen LogP contribution in [0.1, 0.15) is 79.4 Å². The quantitative estimate of drug-likeness (QED) is 0.0133. The molecule has 8 aromatic heterocycles.